The van der Waals surface area contributed by atoms with Crippen LogP contribution in [0.2, 0.25) is 0 Å². The van der Waals surface area contributed by atoms with Gasteiger partial charge in [-0.15, -0.1) is 0 Å². The summed E-state index contributed by atoms with van der Waals surface area (Å²) in [4.78, 5) is 4.87. The fourth-order valence-electron chi connectivity index (χ4n) is 3.83. The molecule has 0 fully saturated rings. The molecule has 28 heavy (non-hydrogen) atoms. The van der Waals surface area contributed by atoms with Crippen LogP contribution in [-0.2, 0) is 6.42 Å². The lowest BCUT2D eigenvalue weighted by Gasteiger charge is -2.15. The van der Waals surface area contributed by atoms with Crippen molar-refractivity contribution < 1.29 is 4.74 Å². The zero-order valence-electron chi connectivity index (χ0n) is 16.6. The third kappa shape index (κ3) is 3.41. The van der Waals surface area contributed by atoms with Gasteiger partial charge in [-0.2, -0.15) is 5.26 Å². The maximum Gasteiger partial charge on any atom is 0.119 e. The summed E-state index contributed by atoms with van der Waals surface area (Å²) in [7, 11) is 1.94. The fraction of sp³-hybridized carbons (Fsp3) is 0.333. The normalized spacial score (nSPS) is 19.7. The molecule has 142 valence electrons. The minimum atomic E-state index is 0.108. The number of allylic oxidation sites excluding steroid dienone is 5. The van der Waals surface area contributed by atoms with Crippen LogP contribution < -0.4 is 10.1 Å². The highest BCUT2D eigenvalue weighted by Gasteiger charge is 2.31. The molecule has 0 saturated carbocycles. The molecular formula is C24H25N3O. The van der Waals surface area contributed by atoms with E-state index in [9.17, 15) is 5.26 Å². The summed E-state index contributed by atoms with van der Waals surface area (Å²) in [5.74, 6) is 1.68. The Labute approximate surface area is 166 Å². The van der Waals surface area contributed by atoms with Gasteiger partial charge in [-0.05, 0) is 59.4 Å². The molecule has 0 amide bonds. The zero-order chi connectivity index (χ0) is 19.7. The van der Waals surface area contributed by atoms with Gasteiger partial charge in [0.25, 0.3) is 0 Å². The molecule has 1 unspecified atom stereocenters. The minimum Gasteiger partial charge on any atom is -0.494 e. The monoisotopic (exact) mass is 371 g/mol. The summed E-state index contributed by atoms with van der Waals surface area (Å²) in [6.45, 7) is 5.16. The Morgan fingerprint density at radius 2 is 2.18 bits per heavy atom. The second-order valence-electron chi connectivity index (χ2n) is 7.84. The van der Waals surface area contributed by atoms with Gasteiger partial charge in [0.1, 0.15) is 5.75 Å². The third-order valence-corrected chi connectivity index (χ3v) is 5.39. The Hall–Kier alpha value is -3.06. The summed E-state index contributed by atoms with van der Waals surface area (Å²) in [5.41, 5.74) is 7.41. The first-order chi connectivity index (χ1) is 13.6. The molecule has 3 aliphatic rings. The van der Waals surface area contributed by atoms with Crippen LogP contribution in [0.5, 0.6) is 5.75 Å². The molecule has 4 heteroatoms. The molecule has 0 aromatic heterocycles. The molecule has 1 atom stereocenters. The van der Waals surface area contributed by atoms with Gasteiger partial charge in [0.15, 0.2) is 0 Å². The molecule has 0 spiro atoms. The largest absolute Gasteiger partial charge is 0.494 e. The van der Waals surface area contributed by atoms with Crippen molar-refractivity contribution in [2.75, 3.05) is 13.7 Å². The number of ether oxygens (including phenoxy) is 1. The first-order valence-electron chi connectivity index (χ1n) is 9.86. The van der Waals surface area contributed by atoms with E-state index in [1.807, 2.05) is 19.2 Å². The lowest BCUT2D eigenvalue weighted by atomic mass is 9.92. The Bertz CT molecular complexity index is 999. The molecule has 2 aliphatic carbocycles. The fourth-order valence-corrected chi connectivity index (χ4v) is 3.83. The van der Waals surface area contributed by atoms with E-state index in [1.54, 1.807) is 0 Å². The van der Waals surface area contributed by atoms with Crippen molar-refractivity contribution in [1.29, 1.82) is 5.26 Å². The quantitative estimate of drug-likeness (QED) is 0.797. The van der Waals surface area contributed by atoms with Crippen LogP contribution in [0.1, 0.15) is 31.4 Å². The molecule has 0 bridgehead atoms. The molecule has 0 saturated heterocycles. The van der Waals surface area contributed by atoms with Crippen LogP contribution >= 0.6 is 0 Å². The van der Waals surface area contributed by atoms with E-state index < -0.39 is 0 Å². The van der Waals surface area contributed by atoms with Crippen LogP contribution in [0.25, 0.3) is 6.08 Å². The van der Waals surface area contributed by atoms with Crippen LogP contribution in [0, 0.1) is 23.2 Å². The second kappa shape index (κ2) is 7.52. The van der Waals surface area contributed by atoms with Crippen molar-refractivity contribution >= 4 is 11.8 Å². The Kier molecular flexibility index (Phi) is 4.92. The maximum absolute atomic E-state index is 9.17. The van der Waals surface area contributed by atoms with Gasteiger partial charge in [0, 0.05) is 19.2 Å². The average Bonchev–Trinajstić information content (AvgIpc) is 3.27. The first kappa shape index (κ1) is 18.3. The summed E-state index contributed by atoms with van der Waals surface area (Å²) in [6.07, 6.45) is 9.96. The zero-order valence-corrected chi connectivity index (χ0v) is 16.6. The van der Waals surface area contributed by atoms with E-state index in [4.69, 9.17) is 9.73 Å². The number of nitriles is 1. The van der Waals surface area contributed by atoms with Crippen LogP contribution in [0.15, 0.2) is 64.0 Å². The number of hydrogen-bond acceptors (Lipinski definition) is 4. The number of benzene rings is 1. The van der Waals surface area contributed by atoms with E-state index in [1.165, 1.54) is 16.7 Å². The second-order valence-corrected chi connectivity index (χ2v) is 7.84. The highest BCUT2D eigenvalue weighted by atomic mass is 16.5. The van der Waals surface area contributed by atoms with Gasteiger partial charge >= 0.3 is 0 Å². The summed E-state index contributed by atoms with van der Waals surface area (Å²) >= 11 is 0. The lowest BCUT2D eigenvalue weighted by molar-refractivity contribution is 0.289. The SMILES string of the molecule is CNC1=C(C2=Cc3cc(OCCC(C)C)ccc3C2)N=C2C=C(C#N)C=CC21. The molecule has 1 heterocycles. The standard InChI is InChI=1S/C24H25N3O/c1-15(2)8-9-28-20-6-5-17-11-19(12-18(17)13-20)23-24(26-3)21-7-4-16(14-25)10-22(21)27-23/h4-7,10,12-13,15,21,26H,8-9,11H2,1-3H3. The smallest absolute Gasteiger partial charge is 0.119 e. The summed E-state index contributed by atoms with van der Waals surface area (Å²) in [6, 6.07) is 8.56. The number of aliphatic imine (C=N–C) groups is 1. The average molecular weight is 371 g/mol. The Morgan fingerprint density at radius 1 is 1.32 bits per heavy atom. The van der Waals surface area contributed by atoms with Crippen molar-refractivity contribution in [3.8, 4) is 11.8 Å². The van der Waals surface area contributed by atoms with Gasteiger partial charge in [-0.3, -0.25) is 4.99 Å². The van der Waals surface area contributed by atoms with E-state index in [0.29, 0.717) is 11.5 Å². The Morgan fingerprint density at radius 3 is 2.93 bits per heavy atom. The molecule has 4 nitrogen and oxygen atoms in total. The van der Waals surface area contributed by atoms with Crippen molar-refractivity contribution in [3.05, 3.63) is 70.1 Å². The topological polar surface area (TPSA) is 57.4 Å². The molecule has 0 radical (unpaired) electrons. The van der Waals surface area contributed by atoms with Crippen molar-refractivity contribution in [3.63, 3.8) is 0 Å². The number of nitrogens with zero attached hydrogens (tertiary/aromatic N) is 2. The van der Waals surface area contributed by atoms with Crippen LogP contribution in [0.3, 0.4) is 0 Å². The van der Waals surface area contributed by atoms with E-state index >= 15 is 0 Å². The summed E-state index contributed by atoms with van der Waals surface area (Å²) < 4.78 is 5.92. The minimum absolute atomic E-state index is 0.108. The highest BCUT2D eigenvalue weighted by molar-refractivity contribution is 6.05. The van der Waals surface area contributed by atoms with E-state index in [2.05, 4.69) is 55.6 Å². The summed E-state index contributed by atoms with van der Waals surface area (Å²) in [5, 5.41) is 12.5. The highest BCUT2D eigenvalue weighted by Crippen LogP contribution is 2.38. The number of hydrogen-bond donors (Lipinski definition) is 1. The van der Waals surface area contributed by atoms with E-state index in [-0.39, 0.29) is 5.92 Å². The number of rotatable bonds is 6. The van der Waals surface area contributed by atoms with Crippen molar-refractivity contribution in [2.45, 2.75) is 26.7 Å². The van der Waals surface area contributed by atoms with Gasteiger partial charge in [-0.25, -0.2) is 0 Å². The maximum atomic E-state index is 9.17. The van der Waals surface area contributed by atoms with Gasteiger partial charge in [-0.1, -0.05) is 26.0 Å². The molecule has 1 aromatic rings. The van der Waals surface area contributed by atoms with Gasteiger partial charge in [0.2, 0.25) is 0 Å². The number of nitrogens with one attached hydrogen (secondary N) is 1. The van der Waals surface area contributed by atoms with Crippen molar-refractivity contribution in [2.24, 2.45) is 16.8 Å². The van der Waals surface area contributed by atoms with Crippen molar-refractivity contribution in [1.82, 2.24) is 5.32 Å². The predicted octanol–water partition coefficient (Wildman–Crippen LogP) is 4.57. The molecule has 1 N–H and O–H groups in total. The molecule has 1 aliphatic heterocycles. The Balaban J connectivity index is 1.59. The van der Waals surface area contributed by atoms with Crippen LogP contribution in [0.4, 0.5) is 0 Å². The molecular weight excluding hydrogens is 346 g/mol. The van der Waals surface area contributed by atoms with Crippen LogP contribution in [-0.4, -0.2) is 19.4 Å². The van der Waals surface area contributed by atoms with Gasteiger partial charge < -0.3 is 10.1 Å². The molecule has 4 rings (SSSR count). The number of fused-ring (bicyclic) bond motifs is 2. The first-order valence-corrected chi connectivity index (χ1v) is 9.86. The predicted molar refractivity (Wildman–Crippen MR) is 113 cm³/mol. The lowest BCUT2D eigenvalue weighted by Crippen LogP contribution is -2.20. The third-order valence-electron chi connectivity index (χ3n) is 5.39. The van der Waals surface area contributed by atoms with E-state index in [0.717, 1.165) is 42.3 Å². The molecule has 1 aromatic carbocycles. The van der Waals surface area contributed by atoms with Gasteiger partial charge in [0.05, 0.1) is 35.6 Å².